The van der Waals surface area contributed by atoms with E-state index < -0.39 is 5.97 Å². The van der Waals surface area contributed by atoms with Crippen molar-refractivity contribution in [1.29, 1.82) is 0 Å². The number of ether oxygens (including phenoxy) is 1. The summed E-state index contributed by atoms with van der Waals surface area (Å²) in [5.41, 5.74) is 0.248. The Morgan fingerprint density at radius 2 is 2.19 bits per heavy atom. The molecule has 0 atom stereocenters. The standard InChI is InChI=1S/C11H17NO3S/c1-4-11(5-2,15-3)10-12-8(7-16-10)6-9(13)14/h7H,4-6H2,1-3H3,(H,13,14). The molecule has 1 N–H and O–H groups in total. The van der Waals surface area contributed by atoms with Gasteiger partial charge in [0.15, 0.2) is 0 Å². The summed E-state index contributed by atoms with van der Waals surface area (Å²) in [5, 5.41) is 11.3. The number of aliphatic carboxylic acids is 1. The molecule has 0 saturated heterocycles. The molecule has 16 heavy (non-hydrogen) atoms. The lowest BCUT2D eigenvalue weighted by atomic mass is 9.98. The molecule has 1 heterocycles. The van der Waals surface area contributed by atoms with E-state index in [1.807, 2.05) is 13.8 Å². The largest absolute Gasteiger partial charge is 0.481 e. The lowest BCUT2D eigenvalue weighted by Crippen LogP contribution is -2.26. The third kappa shape index (κ3) is 2.59. The first-order valence-corrected chi connectivity index (χ1v) is 6.17. The van der Waals surface area contributed by atoms with Crippen LogP contribution in [0.4, 0.5) is 0 Å². The number of nitrogens with zero attached hydrogens (tertiary/aromatic N) is 1. The summed E-state index contributed by atoms with van der Waals surface area (Å²) >= 11 is 1.47. The summed E-state index contributed by atoms with van der Waals surface area (Å²) in [7, 11) is 1.67. The van der Waals surface area contributed by atoms with E-state index >= 15 is 0 Å². The molecule has 1 aromatic heterocycles. The van der Waals surface area contributed by atoms with E-state index in [-0.39, 0.29) is 12.0 Å². The molecule has 0 aliphatic carbocycles. The molecule has 1 aromatic rings. The lowest BCUT2D eigenvalue weighted by molar-refractivity contribution is -0.136. The molecule has 0 unspecified atom stereocenters. The SMILES string of the molecule is CCC(CC)(OC)c1nc(CC(=O)O)cs1. The van der Waals surface area contributed by atoms with Gasteiger partial charge in [-0.25, -0.2) is 4.98 Å². The van der Waals surface area contributed by atoms with Crippen molar-refractivity contribution in [2.45, 2.75) is 38.7 Å². The van der Waals surface area contributed by atoms with Crippen LogP contribution < -0.4 is 0 Å². The number of rotatable bonds is 6. The van der Waals surface area contributed by atoms with E-state index in [2.05, 4.69) is 4.98 Å². The third-order valence-electron chi connectivity index (χ3n) is 2.81. The minimum absolute atomic E-state index is 0.0241. The van der Waals surface area contributed by atoms with Gasteiger partial charge in [0, 0.05) is 12.5 Å². The quantitative estimate of drug-likeness (QED) is 0.833. The number of hydrogen-bond acceptors (Lipinski definition) is 4. The van der Waals surface area contributed by atoms with Crippen LogP contribution in [0.15, 0.2) is 5.38 Å². The molecule has 0 fully saturated rings. The zero-order valence-electron chi connectivity index (χ0n) is 9.82. The lowest BCUT2D eigenvalue weighted by Gasteiger charge is -2.27. The monoisotopic (exact) mass is 243 g/mol. The summed E-state index contributed by atoms with van der Waals surface area (Å²) in [6.07, 6.45) is 1.64. The molecule has 0 radical (unpaired) electrons. The van der Waals surface area contributed by atoms with Crippen molar-refractivity contribution in [3.05, 3.63) is 16.1 Å². The molecule has 0 aromatic carbocycles. The van der Waals surface area contributed by atoms with Crippen molar-refractivity contribution >= 4 is 17.3 Å². The van der Waals surface area contributed by atoms with Gasteiger partial charge in [0.1, 0.15) is 10.6 Å². The molecule has 0 amide bonds. The topological polar surface area (TPSA) is 59.4 Å². The second-order valence-corrected chi connectivity index (χ2v) is 4.48. The zero-order chi connectivity index (χ0) is 12.2. The first-order valence-electron chi connectivity index (χ1n) is 5.29. The van der Waals surface area contributed by atoms with Crippen LogP contribution in [0.3, 0.4) is 0 Å². The van der Waals surface area contributed by atoms with Crippen LogP contribution >= 0.6 is 11.3 Å². The molecular formula is C11H17NO3S. The van der Waals surface area contributed by atoms with Crippen LogP contribution in [-0.4, -0.2) is 23.2 Å². The Morgan fingerprint density at radius 1 is 1.56 bits per heavy atom. The maximum atomic E-state index is 10.6. The molecule has 0 bridgehead atoms. The minimum atomic E-state index is -0.854. The predicted molar refractivity (Wildman–Crippen MR) is 62.7 cm³/mol. The van der Waals surface area contributed by atoms with Gasteiger partial charge >= 0.3 is 5.97 Å². The van der Waals surface area contributed by atoms with Crippen LogP contribution in [0.5, 0.6) is 0 Å². The molecule has 0 spiro atoms. The van der Waals surface area contributed by atoms with E-state index in [0.29, 0.717) is 5.69 Å². The van der Waals surface area contributed by atoms with E-state index in [4.69, 9.17) is 9.84 Å². The number of carbonyl (C=O) groups is 1. The first kappa shape index (κ1) is 13.1. The molecule has 1 rings (SSSR count). The van der Waals surface area contributed by atoms with Gasteiger partial charge in [-0.05, 0) is 12.8 Å². The van der Waals surface area contributed by atoms with E-state index in [9.17, 15) is 4.79 Å². The van der Waals surface area contributed by atoms with Gasteiger partial charge in [-0.1, -0.05) is 13.8 Å². The second kappa shape index (κ2) is 5.41. The zero-order valence-corrected chi connectivity index (χ0v) is 10.6. The number of carboxylic acids is 1. The van der Waals surface area contributed by atoms with Crippen LogP contribution in [0.1, 0.15) is 37.4 Å². The van der Waals surface area contributed by atoms with Crippen molar-refractivity contribution < 1.29 is 14.6 Å². The van der Waals surface area contributed by atoms with Crippen molar-refractivity contribution in [3.8, 4) is 0 Å². The van der Waals surface area contributed by atoms with Gasteiger partial charge in [0.05, 0.1) is 12.1 Å². The van der Waals surface area contributed by atoms with Crippen LogP contribution in [0, 0.1) is 0 Å². The average Bonchev–Trinajstić information content (AvgIpc) is 2.70. The van der Waals surface area contributed by atoms with Gasteiger partial charge < -0.3 is 9.84 Å². The predicted octanol–water partition coefficient (Wildman–Crippen LogP) is 2.43. The maximum Gasteiger partial charge on any atom is 0.309 e. The first-order chi connectivity index (χ1) is 7.57. The highest BCUT2D eigenvalue weighted by Gasteiger charge is 2.31. The second-order valence-electron chi connectivity index (χ2n) is 3.62. The fourth-order valence-corrected chi connectivity index (χ4v) is 2.82. The number of aromatic nitrogens is 1. The van der Waals surface area contributed by atoms with E-state index in [1.54, 1.807) is 12.5 Å². The Bertz CT molecular complexity index is 350. The van der Waals surface area contributed by atoms with Crippen molar-refractivity contribution in [1.82, 2.24) is 4.98 Å². The summed E-state index contributed by atoms with van der Waals surface area (Å²) < 4.78 is 5.54. The Balaban J connectivity index is 2.94. The van der Waals surface area contributed by atoms with Gasteiger partial charge in [0.25, 0.3) is 0 Å². The molecule has 4 nitrogen and oxygen atoms in total. The number of thiazole rings is 1. The highest BCUT2D eigenvalue weighted by molar-refractivity contribution is 7.09. The molecular weight excluding hydrogens is 226 g/mol. The fraction of sp³-hybridized carbons (Fsp3) is 0.636. The molecule has 0 aliphatic heterocycles. The summed E-state index contributed by atoms with van der Waals surface area (Å²) in [5.74, 6) is -0.854. The maximum absolute atomic E-state index is 10.6. The normalized spacial score (nSPS) is 11.7. The fourth-order valence-electron chi connectivity index (χ4n) is 1.68. The number of carboxylic acid groups (broad SMARTS) is 1. The minimum Gasteiger partial charge on any atom is -0.481 e. The van der Waals surface area contributed by atoms with Gasteiger partial charge in [-0.15, -0.1) is 11.3 Å². The number of methoxy groups -OCH3 is 1. The van der Waals surface area contributed by atoms with Crippen LogP contribution in [0.25, 0.3) is 0 Å². The van der Waals surface area contributed by atoms with E-state index in [1.165, 1.54) is 11.3 Å². The summed E-state index contributed by atoms with van der Waals surface area (Å²) in [6.45, 7) is 4.09. The molecule has 0 aliphatic rings. The molecule has 5 heteroatoms. The van der Waals surface area contributed by atoms with Gasteiger partial charge in [-0.3, -0.25) is 4.79 Å². The summed E-state index contributed by atoms with van der Waals surface area (Å²) in [6, 6.07) is 0. The Kier molecular flexibility index (Phi) is 4.44. The van der Waals surface area contributed by atoms with Gasteiger partial charge in [-0.2, -0.15) is 0 Å². The van der Waals surface area contributed by atoms with Crippen molar-refractivity contribution in [3.63, 3.8) is 0 Å². The average molecular weight is 243 g/mol. The number of hydrogen-bond donors (Lipinski definition) is 1. The van der Waals surface area contributed by atoms with Crippen molar-refractivity contribution in [2.24, 2.45) is 0 Å². The summed E-state index contributed by atoms with van der Waals surface area (Å²) in [4.78, 5) is 14.9. The van der Waals surface area contributed by atoms with E-state index in [0.717, 1.165) is 17.8 Å². The third-order valence-corrected chi connectivity index (χ3v) is 3.88. The van der Waals surface area contributed by atoms with Gasteiger partial charge in [0.2, 0.25) is 0 Å². The van der Waals surface area contributed by atoms with Crippen LogP contribution in [0.2, 0.25) is 0 Å². The Hall–Kier alpha value is -0.940. The Labute approximate surface area is 99.3 Å². The van der Waals surface area contributed by atoms with Crippen LogP contribution in [-0.2, 0) is 21.6 Å². The Morgan fingerprint density at radius 3 is 2.62 bits per heavy atom. The smallest absolute Gasteiger partial charge is 0.309 e. The highest BCUT2D eigenvalue weighted by Crippen LogP contribution is 2.34. The van der Waals surface area contributed by atoms with Crippen molar-refractivity contribution in [2.75, 3.05) is 7.11 Å². The molecule has 0 saturated carbocycles. The highest BCUT2D eigenvalue weighted by atomic mass is 32.1. The molecule has 90 valence electrons.